The summed E-state index contributed by atoms with van der Waals surface area (Å²) >= 11 is 0. The molecule has 0 saturated carbocycles. The van der Waals surface area contributed by atoms with Gasteiger partial charge < -0.3 is 5.73 Å². The minimum atomic E-state index is -0.690. The van der Waals surface area contributed by atoms with Gasteiger partial charge >= 0.3 is 6.03 Å². The average Bonchev–Trinajstić information content (AvgIpc) is 2.35. The van der Waals surface area contributed by atoms with E-state index in [1.165, 1.54) is 0 Å². The minimum absolute atomic E-state index is 0.612. The highest BCUT2D eigenvalue weighted by atomic mass is 16.2. The first-order chi connectivity index (χ1) is 8.18. The fraction of sp³-hybridized carbons (Fsp3) is 0.0833. The molecule has 0 aliphatic rings. The van der Waals surface area contributed by atoms with Crippen molar-refractivity contribution < 1.29 is 4.79 Å². The summed E-state index contributed by atoms with van der Waals surface area (Å²) in [4.78, 5) is 14.8. The Morgan fingerprint density at radius 3 is 2.88 bits per heavy atom. The lowest BCUT2D eigenvalue weighted by Gasteiger charge is -2.04. The van der Waals surface area contributed by atoms with Gasteiger partial charge in [-0.15, -0.1) is 0 Å². The van der Waals surface area contributed by atoms with Gasteiger partial charge in [0.15, 0.2) is 0 Å². The fourth-order valence-corrected chi connectivity index (χ4v) is 1.60. The second-order valence-corrected chi connectivity index (χ2v) is 3.55. The van der Waals surface area contributed by atoms with Crippen LogP contribution in [0.1, 0.15) is 12.6 Å². The van der Waals surface area contributed by atoms with Gasteiger partial charge in [-0.2, -0.15) is 5.10 Å². The maximum Gasteiger partial charge on any atom is 0.332 e. The van der Waals surface area contributed by atoms with Crippen LogP contribution in [0, 0.1) is 0 Å². The Hall–Kier alpha value is -2.43. The second kappa shape index (κ2) is 4.61. The molecular weight excluding hydrogens is 216 g/mol. The van der Waals surface area contributed by atoms with E-state index in [0.29, 0.717) is 5.71 Å². The van der Waals surface area contributed by atoms with Gasteiger partial charge in [-0.3, -0.25) is 4.98 Å². The first-order valence-corrected chi connectivity index (χ1v) is 5.12. The van der Waals surface area contributed by atoms with Crippen molar-refractivity contribution in [2.24, 2.45) is 10.8 Å². The maximum absolute atomic E-state index is 10.6. The summed E-state index contributed by atoms with van der Waals surface area (Å²) < 4.78 is 0. The molecule has 5 heteroatoms. The standard InChI is InChI=1S/C12H12N4O/c1-8(15-16-12(13)17)11-10-5-3-2-4-9(10)6-7-14-11/h2-7H,1H3,(H3,13,16,17). The van der Waals surface area contributed by atoms with Crippen molar-refractivity contribution >= 4 is 22.5 Å². The van der Waals surface area contributed by atoms with E-state index in [2.05, 4.69) is 15.5 Å². The summed E-state index contributed by atoms with van der Waals surface area (Å²) in [6.07, 6.45) is 1.71. The highest BCUT2D eigenvalue weighted by Crippen LogP contribution is 2.16. The summed E-state index contributed by atoms with van der Waals surface area (Å²) in [5, 5.41) is 5.94. The van der Waals surface area contributed by atoms with Crippen LogP contribution in [0.3, 0.4) is 0 Å². The SMILES string of the molecule is CC(=NNC(N)=O)c1nccc2ccccc12. The van der Waals surface area contributed by atoms with E-state index in [1.54, 1.807) is 13.1 Å². The highest BCUT2D eigenvalue weighted by molar-refractivity contribution is 6.08. The first kappa shape index (κ1) is 11.1. The Kier molecular flexibility index (Phi) is 3.00. The van der Waals surface area contributed by atoms with E-state index in [1.807, 2.05) is 30.3 Å². The number of aromatic nitrogens is 1. The lowest BCUT2D eigenvalue weighted by molar-refractivity contribution is 0.249. The van der Waals surface area contributed by atoms with E-state index >= 15 is 0 Å². The van der Waals surface area contributed by atoms with Gasteiger partial charge in [0.05, 0.1) is 11.4 Å². The smallest absolute Gasteiger partial charge is 0.332 e. The quantitative estimate of drug-likeness (QED) is 0.605. The largest absolute Gasteiger partial charge is 0.350 e. The number of hydrogen-bond acceptors (Lipinski definition) is 3. The van der Waals surface area contributed by atoms with E-state index in [0.717, 1.165) is 16.5 Å². The molecule has 0 unspecified atom stereocenters. The molecule has 0 bridgehead atoms. The number of carbonyl (C=O) groups is 1. The van der Waals surface area contributed by atoms with Crippen molar-refractivity contribution in [1.82, 2.24) is 10.4 Å². The number of hydrogen-bond donors (Lipinski definition) is 2. The lowest BCUT2D eigenvalue weighted by atomic mass is 10.1. The Morgan fingerprint density at radius 2 is 2.12 bits per heavy atom. The van der Waals surface area contributed by atoms with Crippen molar-refractivity contribution in [2.75, 3.05) is 0 Å². The van der Waals surface area contributed by atoms with E-state index < -0.39 is 6.03 Å². The predicted molar refractivity (Wildman–Crippen MR) is 66.7 cm³/mol. The van der Waals surface area contributed by atoms with Gasteiger partial charge in [0.25, 0.3) is 0 Å². The number of urea groups is 1. The van der Waals surface area contributed by atoms with Crippen molar-refractivity contribution in [3.63, 3.8) is 0 Å². The molecule has 0 spiro atoms. The van der Waals surface area contributed by atoms with Gasteiger partial charge in [0.2, 0.25) is 0 Å². The third-order valence-corrected chi connectivity index (χ3v) is 2.35. The van der Waals surface area contributed by atoms with Crippen LogP contribution in [0.15, 0.2) is 41.6 Å². The van der Waals surface area contributed by atoms with Crippen LogP contribution in [0.25, 0.3) is 10.8 Å². The molecule has 2 rings (SSSR count). The first-order valence-electron chi connectivity index (χ1n) is 5.12. The number of primary amides is 1. The van der Waals surface area contributed by atoms with E-state index in [4.69, 9.17) is 5.73 Å². The van der Waals surface area contributed by atoms with Crippen molar-refractivity contribution in [1.29, 1.82) is 0 Å². The summed E-state index contributed by atoms with van der Waals surface area (Å²) in [6, 6.07) is 9.08. The number of pyridine rings is 1. The van der Waals surface area contributed by atoms with Gasteiger partial charge in [-0.1, -0.05) is 24.3 Å². The van der Waals surface area contributed by atoms with Crippen LogP contribution in [0.2, 0.25) is 0 Å². The molecule has 3 N–H and O–H groups in total. The summed E-state index contributed by atoms with van der Waals surface area (Å²) in [6.45, 7) is 1.77. The van der Waals surface area contributed by atoms with Crippen LogP contribution in [-0.2, 0) is 0 Å². The fourth-order valence-electron chi connectivity index (χ4n) is 1.60. The number of nitrogens with zero attached hydrogens (tertiary/aromatic N) is 2. The molecule has 5 nitrogen and oxygen atoms in total. The van der Waals surface area contributed by atoms with E-state index in [-0.39, 0.29) is 0 Å². The number of fused-ring (bicyclic) bond motifs is 1. The molecule has 0 fully saturated rings. The Morgan fingerprint density at radius 1 is 1.35 bits per heavy atom. The van der Waals surface area contributed by atoms with Crippen LogP contribution in [0.5, 0.6) is 0 Å². The monoisotopic (exact) mass is 228 g/mol. The zero-order valence-electron chi connectivity index (χ0n) is 9.34. The maximum atomic E-state index is 10.6. The molecule has 1 heterocycles. The number of hydrazone groups is 1. The van der Waals surface area contributed by atoms with Crippen molar-refractivity contribution in [2.45, 2.75) is 6.92 Å². The van der Waals surface area contributed by atoms with Crippen LogP contribution >= 0.6 is 0 Å². The molecule has 0 atom stereocenters. The van der Waals surface area contributed by atoms with Crippen LogP contribution < -0.4 is 11.2 Å². The third kappa shape index (κ3) is 2.39. The van der Waals surface area contributed by atoms with Gasteiger partial charge in [0, 0.05) is 11.6 Å². The van der Waals surface area contributed by atoms with Gasteiger partial charge in [-0.05, 0) is 18.4 Å². The number of benzene rings is 1. The third-order valence-electron chi connectivity index (χ3n) is 2.35. The van der Waals surface area contributed by atoms with Crippen LogP contribution in [0.4, 0.5) is 4.79 Å². The minimum Gasteiger partial charge on any atom is -0.350 e. The summed E-state index contributed by atoms with van der Waals surface area (Å²) in [7, 11) is 0. The number of nitrogens with one attached hydrogen (secondary N) is 1. The molecule has 86 valence electrons. The topological polar surface area (TPSA) is 80.4 Å². The molecule has 0 saturated heterocycles. The zero-order valence-corrected chi connectivity index (χ0v) is 9.34. The van der Waals surface area contributed by atoms with Gasteiger partial charge in [0.1, 0.15) is 0 Å². The number of nitrogens with two attached hydrogens (primary N) is 1. The molecular formula is C12H12N4O. The molecule has 0 radical (unpaired) electrons. The molecule has 0 aliphatic carbocycles. The predicted octanol–water partition coefficient (Wildman–Crippen LogP) is 1.63. The number of amides is 2. The average molecular weight is 228 g/mol. The van der Waals surface area contributed by atoms with Crippen LogP contribution in [-0.4, -0.2) is 16.7 Å². The Labute approximate surface area is 98.3 Å². The molecule has 2 aromatic rings. The molecule has 17 heavy (non-hydrogen) atoms. The van der Waals surface area contributed by atoms with E-state index in [9.17, 15) is 4.79 Å². The molecule has 0 aliphatic heterocycles. The highest BCUT2D eigenvalue weighted by Gasteiger charge is 2.05. The lowest BCUT2D eigenvalue weighted by Crippen LogP contribution is -2.25. The van der Waals surface area contributed by atoms with Crippen molar-refractivity contribution in [3.05, 3.63) is 42.2 Å². The molecule has 1 aromatic carbocycles. The molecule has 1 aromatic heterocycles. The zero-order chi connectivity index (χ0) is 12.3. The number of rotatable bonds is 2. The summed E-state index contributed by atoms with van der Waals surface area (Å²) in [5.74, 6) is 0. The Bertz CT molecular complexity index is 587. The molecule has 2 amide bonds. The number of carbonyl (C=O) groups excluding carboxylic acids is 1. The van der Waals surface area contributed by atoms with Crippen molar-refractivity contribution in [3.8, 4) is 0 Å². The Balaban J connectivity index is 2.48. The summed E-state index contributed by atoms with van der Waals surface area (Å²) in [5.41, 5.74) is 8.49. The van der Waals surface area contributed by atoms with Gasteiger partial charge in [-0.25, -0.2) is 10.2 Å². The second-order valence-electron chi connectivity index (χ2n) is 3.55. The normalized spacial score (nSPS) is 11.5.